The summed E-state index contributed by atoms with van der Waals surface area (Å²) in [6, 6.07) is 5.88. The molecule has 0 unspecified atom stereocenters. The smallest absolute Gasteiger partial charge is 0.231 e. The van der Waals surface area contributed by atoms with Gasteiger partial charge in [-0.15, -0.1) is 22.9 Å². The number of nitrogens with zero attached hydrogens (tertiary/aromatic N) is 1. The van der Waals surface area contributed by atoms with Crippen molar-refractivity contribution >= 4 is 34.5 Å². The van der Waals surface area contributed by atoms with Gasteiger partial charge in [0.05, 0.1) is 18.0 Å². The van der Waals surface area contributed by atoms with Crippen LogP contribution in [0.25, 0.3) is 0 Å². The Morgan fingerprint density at radius 2 is 2.16 bits per heavy atom. The van der Waals surface area contributed by atoms with Crippen LogP contribution in [0.4, 0.5) is 5.69 Å². The summed E-state index contributed by atoms with van der Waals surface area (Å²) >= 11 is 7.14. The molecule has 0 spiro atoms. The number of aryl methyl sites for hydroxylation is 2. The van der Waals surface area contributed by atoms with Crippen molar-refractivity contribution in [3.8, 4) is 0 Å². The van der Waals surface area contributed by atoms with Crippen molar-refractivity contribution in [2.24, 2.45) is 0 Å². The van der Waals surface area contributed by atoms with E-state index >= 15 is 0 Å². The van der Waals surface area contributed by atoms with Crippen molar-refractivity contribution in [3.05, 3.63) is 45.4 Å². The Bertz CT molecular complexity index is 595. The average Bonchev–Trinajstić information content (AvgIpc) is 2.81. The fourth-order valence-electron chi connectivity index (χ4n) is 1.65. The van der Waals surface area contributed by atoms with Gasteiger partial charge < -0.3 is 5.32 Å². The molecule has 0 aliphatic carbocycles. The number of carbonyl (C=O) groups is 1. The first kappa shape index (κ1) is 14.0. The van der Waals surface area contributed by atoms with Crippen molar-refractivity contribution < 1.29 is 4.79 Å². The monoisotopic (exact) mass is 294 g/mol. The van der Waals surface area contributed by atoms with Crippen LogP contribution in [0, 0.1) is 13.8 Å². The second-order valence-electron chi connectivity index (χ2n) is 4.39. The first-order chi connectivity index (χ1) is 9.08. The van der Waals surface area contributed by atoms with Gasteiger partial charge in [0.15, 0.2) is 0 Å². The summed E-state index contributed by atoms with van der Waals surface area (Å²) in [7, 11) is 0. The Morgan fingerprint density at radius 3 is 2.79 bits per heavy atom. The van der Waals surface area contributed by atoms with E-state index in [4.69, 9.17) is 11.6 Å². The molecule has 100 valence electrons. The highest BCUT2D eigenvalue weighted by molar-refractivity contribution is 7.09. The summed E-state index contributed by atoms with van der Waals surface area (Å²) in [5.74, 6) is 0.327. The molecule has 0 aliphatic rings. The molecule has 0 aliphatic heterocycles. The number of hydrogen-bond acceptors (Lipinski definition) is 3. The predicted octanol–water partition coefficient (Wildman–Crippen LogP) is 3.68. The van der Waals surface area contributed by atoms with Crippen LogP contribution in [-0.2, 0) is 17.1 Å². The summed E-state index contributed by atoms with van der Waals surface area (Å²) in [6.07, 6.45) is 0.286. The van der Waals surface area contributed by atoms with Crippen molar-refractivity contribution in [2.45, 2.75) is 26.1 Å². The maximum atomic E-state index is 11.9. The van der Waals surface area contributed by atoms with E-state index in [2.05, 4.69) is 10.3 Å². The highest BCUT2D eigenvalue weighted by Crippen LogP contribution is 2.16. The quantitative estimate of drug-likeness (QED) is 0.874. The van der Waals surface area contributed by atoms with Crippen LogP contribution in [0.3, 0.4) is 0 Å². The molecule has 0 radical (unpaired) electrons. The number of rotatable bonds is 4. The van der Waals surface area contributed by atoms with Gasteiger partial charge in [-0.25, -0.2) is 4.98 Å². The van der Waals surface area contributed by atoms with E-state index in [1.54, 1.807) is 0 Å². The van der Waals surface area contributed by atoms with Gasteiger partial charge in [0, 0.05) is 11.1 Å². The zero-order valence-corrected chi connectivity index (χ0v) is 12.4. The van der Waals surface area contributed by atoms with Gasteiger partial charge in [-0.05, 0) is 37.1 Å². The molecule has 1 aromatic heterocycles. The molecule has 19 heavy (non-hydrogen) atoms. The third-order valence-corrected chi connectivity index (χ3v) is 4.01. The maximum Gasteiger partial charge on any atom is 0.231 e. The molecular formula is C14H15ClN2OS. The van der Waals surface area contributed by atoms with E-state index < -0.39 is 0 Å². The number of halogens is 1. The fraction of sp³-hybridized carbons (Fsp3) is 0.286. The molecule has 3 nitrogen and oxygen atoms in total. The highest BCUT2D eigenvalue weighted by atomic mass is 35.5. The minimum absolute atomic E-state index is 0.0567. The molecule has 0 saturated heterocycles. The van der Waals surface area contributed by atoms with Crippen molar-refractivity contribution in [3.63, 3.8) is 0 Å². The lowest BCUT2D eigenvalue weighted by Crippen LogP contribution is -2.14. The number of nitrogens with one attached hydrogen (secondary N) is 1. The van der Waals surface area contributed by atoms with Gasteiger partial charge in [-0.2, -0.15) is 0 Å². The number of hydrogen-bond donors (Lipinski definition) is 1. The Morgan fingerprint density at radius 1 is 1.37 bits per heavy atom. The van der Waals surface area contributed by atoms with Gasteiger partial charge in [-0.3, -0.25) is 4.79 Å². The number of carbonyl (C=O) groups excluding carboxylic acids is 1. The third kappa shape index (κ3) is 3.78. The van der Waals surface area contributed by atoms with E-state index in [9.17, 15) is 4.79 Å². The topological polar surface area (TPSA) is 42.0 Å². The molecule has 0 saturated carbocycles. The average molecular weight is 295 g/mol. The molecule has 1 amide bonds. The molecular weight excluding hydrogens is 280 g/mol. The van der Waals surface area contributed by atoms with Gasteiger partial charge in [-0.1, -0.05) is 6.07 Å². The molecule has 0 fully saturated rings. The number of thiazole rings is 1. The molecule has 1 N–H and O–H groups in total. The van der Waals surface area contributed by atoms with Gasteiger partial charge in [0.25, 0.3) is 0 Å². The van der Waals surface area contributed by atoms with Gasteiger partial charge in [0.1, 0.15) is 5.01 Å². The molecule has 1 aromatic carbocycles. The molecule has 5 heteroatoms. The Hall–Kier alpha value is -1.39. The number of benzene rings is 1. The number of anilines is 1. The number of amides is 1. The van der Waals surface area contributed by atoms with Gasteiger partial charge in [0.2, 0.25) is 5.91 Å². The number of alkyl halides is 1. The van der Waals surface area contributed by atoms with Crippen molar-refractivity contribution in [2.75, 3.05) is 5.32 Å². The summed E-state index contributed by atoms with van der Waals surface area (Å²) < 4.78 is 0. The number of aromatic nitrogens is 1. The van der Waals surface area contributed by atoms with Crippen LogP contribution in [0.1, 0.15) is 21.8 Å². The van der Waals surface area contributed by atoms with Crippen molar-refractivity contribution in [1.29, 1.82) is 0 Å². The van der Waals surface area contributed by atoms with E-state index in [1.807, 2.05) is 37.4 Å². The molecule has 1 heterocycles. The van der Waals surface area contributed by atoms with Crippen LogP contribution in [0.2, 0.25) is 0 Å². The van der Waals surface area contributed by atoms with E-state index in [1.165, 1.54) is 16.9 Å². The van der Waals surface area contributed by atoms with Gasteiger partial charge >= 0.3 is 0 Å². The lowest BCUT2D eigenvalue weighted by Gasteiger charge is -2.06. The second kappa shape index (κ2) is 6.17. The van der Waals surface area contributed by atoms with Crippen LogP contribution in [0.15, 0.2) is 23.6 Å². The lowest BCUT2D eigenvalue weighted by atomic mass is 10.1. The summed E-state index contributed by atoms with van der Waals surface area (Å²) in [5, 5.41) is 5.55. The molecule has 0 bridgehead atoms. The Labute approximate surface area is 121 Å². The molecule has 0 atom stereocenters. The minimum atomic E-state index is -0.0567. The van der Waals surface area contributed by atoms with Crippen LogP contribution >= 0.6 is 22.9 Å². The van der Waals surface area contributed by atoms with Crippen molar-refractivity contribution in [1.82, 2.24) is 4.98 Å². The first-order valence-electron chi connectivity index (χ1n) is 5.95. The Kier molecular flexibility index (Phi) is 4.56. The summed E-state index contributed by atoms with van der Waals surface area (Å²) in [4.78, 5) is 16.2. The zero-order valence-electron chi connectivity index (χ0n) is 10.9. The SMILES string of the molecule is Cc1ccc(NC(=O)Cc2nc(CCl)cs2)cc1C. The summed E-state index contributed by atoms with van der Waals surface area (Å²) in [6.45, 7) is 4.07. The largest absolute Gasteiger partial charge is 0.326 e. The normalized spacial score (nSPS) is 10.5. The Balaban J connectivity index is 1.98. The van der Waals surface area contributed by atoms with Crippen LogP contribution in [-0.4, -0.2) is 10.9 Å². The highest BCUT2D eigenvalue weighted by Gasteiger charge is 2.08. The van der Waals surface area contributed by atoms with Crippen LogP contribution in [0.5, 0.6) is 0 Å². The predicted molar refractivity (Wildman–Crippen MR) is 79.9 cm³/mol. The lowest BCUT2D eigenvalue weighted by molar-refractivity contribution is -0.115. The first-order valence-corrected chi connectivity index (χ1v) is 7.36. The fourth-order valence-corrected chi connectivity index (χ4v) is 2.67. The molecule has 2 rings (SSSR count). The van der Waals surface area contributed by atoms with E-state index in [0.717, 1.165) is 22.0 Å². The second-order valence-corrected chi connectivity index (χ2v) is 5.60. The maximum absolute atomic E-state index is 11.9. The van der Waals surface area contributed by atoms with E-state index in [0.29, 0.717) is 5.88 Å². The standard InChI is InChI=1S/C14H15ClN2OS/c1-9-3-4-11(5-10(9)2)16-13(18)6-14-17-12(7-15)8-19-14/h3-5,8H,6-7H2,1-2H3,(H,16,18). The minimum Gasteiger partial charge on any atom is -0.326 e. The zero-order chi connectivity index (χ0) is 13.8. The molecule has 2 aromatic rings. The summed E-state index contributed by atoms with van der Waals surface area (Å²) in [5.41, 5.74) is 4.02. The van der Waals surface area contributed by atoms with E-state index in [-0.39, 0.29) is 12.3 Å². The van der Waals surface area contributed by atoms with Crippen LogP contribution < -0.4 is 5.32 Å². The third-order valence-electron chi connectivity index (χ3n) is 2.84.